The van der Waals surface area contributed by atoms with Gasteiger partial charge in [-0.1, -0.05) is 0 Å². The lowest BCUT2D eigenvalue weighted by atomic mass is 10.4. The summed E-state index contributed by atoms with van der Waals surface area (Å²) in [5.41, 5.74) is 6.52. The van der Waals surface area contributed by atoms with Gasteiger partial charge in [-0.05, 0) is 12.5 Å². The monoisotopic (exact) mass is 192 g/mol. The lowest BCUT2D eigenvalue weighted by Crippen LogP contribution is -2.02. The van der Waals surface area contributed by atoms with Gasteiger partial charge in [-0.15, -0.1) is 0 Å². The Balaban J connectivity index is 2.10. The number of aryl methyl sites for hydroxylation is 1. The molecule has 0 fully saturated rings. The van der Waals surface area contributed by atoms with E-state index < -0.39 is 0 Å². The number of hydrogen-bond donors (Lipinski definition) is 2. The third-order valence-corrected chi connectivity index (χ3v) is 1.83. The van der Waals surface area contributed by atoms with Crippen LogP contribution >= 0.6 is 0 Å². The summed E-state index contributed by atoms with van der Waals surface area (Å²) in [5, 5.41) is 10.9. The van der Waals surface area contributed by atoms with Crippen LogP contribution < -0.4 is 5.73 Å². The molecule has 6 nitrogen and oxygen atoms in total. The first-order chi connectivity index (χ1) is 6.78. The fourth-order valence-electron chi connectivity index (χ4n) is 1.20. The van der Waals surface area contributed by atoms with Crippen molar-refractivity contribution in [2.24, 2.45) is 5.73 Å². The van der Waals surface area contributed by atoms with Crippen LogP contribution in [0, 0.1) is 6.92 Å². The molecule has 0 aliphatic carbocycles. The zero-order valence-electron chi connectivity index (χ0n) is 7.94. The van der Waals surface area contributed by atoms with Crippen molar-refractivity contribution in [3.63, 3.8) is 0 Å². The molecule has 0 spiro atoms. The minimum atomic E-state index is 0.356. The second-order valence-electron chi connectivity index (χ2n) is 3.12. The Bertz CT molecular complexity index is 415. The number of H-pyrrole nitrogens is 1. The van der Waals surface area contributed by atoms with Crippen LogP contribution in [0.25, 0.3) is 0 Å². The van der Waals surface area contributed by atoms with Crippen LogP contribution in [0.15, 0.2) is 12.4 Å². The molecule has 74 valence electrons. The maximum atomic E-state index is 5.39. The molecule has 0 amide bonds. The summed E-state index contributed by atoms with van der Waals surface area (Å²) < 4.78 is 1.80. The van der Waals surface area contributed by atoms with Crippen molar-refractivity contribution in [2.75, 3.05) is 0 Å². The van der Waals surface area contributed by atoms with Crippen molar-refractivity contribution < 1.29 is 0 Å². The predicted molar refractivity (Wildman–Crippen MR) is 50.3 cm³/mol. The number of nitrogens with two attached hydrogens (primary N) is 1. The fraction of sp³-hybridized carbons (Fsp3) is 0.375. The SMILES string of the molecule is Cc1cnn(Cc2nc(CN)n[nH]2)c1. The number of nitrogens with zero attached hydrogens (tertiary/aromatic N) is 4. The van der Waals surface area contributed by atoms with E-state index in [0.29, 0.717) is 18.9 Å². The Morgan fingerprint density at radius 3 is 3.00 bits per heavy atom. The Morgan fingerprint density at radius 1 is 1.57 bits per heavy atom. The first-order valence-corrected chi connectivity index (χ1v) is 4.37. The molecule has 0 unspecified atom stereocenters. The van der Waals surface area contributed by atoms with Crippen molar-refractivity contribution >= 4 is 0 Å². The van der Waals surface area contributed by atoms with E-state index in [1.165, 1.54) is 0 Å². The van der Waals surface area contributed by atoms with E-state index in [9.17, 15) is 0 Å². The molecule has 14 heavy (non-hydrogen) atoms. The van der Waals surface area contributed by atoms with Gasteiger partial charge in [0.2, 0.25) is 0 Å². The third-order valence-electron chi connectivity index (χ3n) is 1.83. The molecule has 2 aromatic rings. The van der Waals surface area contributed by atoms with Crippen LogP contribution in [-0.4, -0.2) is 25.0 Å². The smallest absolute Gasteiger partial charge is 0.164 e. The maximum Gasteiger partial charge on any atom is 0.164 e. The van der Waals surface area contributed by atoms with Gasteiger partial charge in [0.05, 0.1) is 12.7 Å². The predicted octanol–water partition coefficient (Wildman–Crippen LogP) is -0.183. The molecule has 2 rings (SSSR count). The second kappa shape index (κ2) is 3.59. The molecule has 3 N–H and O–H groups in total. The summed E-state index contributed by atoms with van der Waals surface area (Å²) in [6.45, 7) is 2.95. The molecule has 2 aromatic heterocycles. The van der Waals surface area contributed by atoms with Crippen molar-refractivity contribution in [2.45, 2.75) is 20.0 Å². The molecule has 0 saturated carbocycles. The lowest BCUT2D eigenvalue weighted by molar-refractivity contribution is 0.657. The highest BCUT2D eigenvalue weighted by Crippen LogP contribution is 1.98. The molecule has 0 bridgehead atoms. The van der Waals surface area contributed by atoms with Gasteiger partial charge in [-0.25, -0.2) is 4.98 Å². The van der Waals surface area contributed by atoms with Gasteiger partial charge in [0.1, 0.15) is 12.4 Å². The maximum absolute atomic E-state index is 5.39. The number of rotatable bonds is 3. The molecule has 0 radical (unpaired) electrons. The van der Waals surface area contributed by atoms with Gasteiger partial charge in [0.25, 0.3) is 0 Å². The zero-order chi connectivity index (χ0) is 9.97. The van der Waals surface area contributed by atoms with Gasteiger partial charge in [0.15, 0.2) is 5.82 Å². The zero-order valence-corrected chi connectivity index (χ0v) is 7.94. The molecule has 6 heteroatoms. The Kier molecular flexibility index (Phi) is 2.28. The van der Waals surface area contributed by atoms with E-state index in [1.807, 2.05) is 13.1 Å². The highest BCUT2D eigenvalue weighted by Gasteiger charge is 2.02. The standard InChI is InChI=1S/C8H12N6/c1-6-3-10-14(4-6)5-8-11-7(2-9)12-13-8/h3-4H,2,5,9H2,1H3,(H,11,12,13). The van der Waals surface area contributed by atoms with Gasteiger partial charge in [-0.2, -0.15) is 10.2 Å². The summed E-state index contributed by atoms with van der Waals surface area (Å²) in [6.07, 6.45) is 3.75. The van der Waals surface area contributed by atoms with Crippen LogP contribution in [0.5, 0.6) is 0 Å². The first kappa shape index (κ1) is 8.89. The third kappa shape index (κ3) is 1.80. The quantitative estimate of drug-likeness (QED) is 0.706. The van der Waals surface area contributed by atoms with Crippen LogP contribution in [0.4, 0.5) is 0 Å². The summed E-state index contributed by atoms with van der Waals surface area (Å²) in [7, 11) is 0. The van der Waals surface area contributed by atoms with Gasteiger partial charge in [-0.3, -0.25) is 9.78 Å². The van der Waals surface area contributed by atoms with E-state index in [2.05, 4.69) is 20.3 Å². The molecular weight excluding hydrogens is 180 g/mol. The van der Waals surface area contributed by atoms with Crippen molar-refractivity contribution in [1.82, 2.24) is 25.0 Å². The average molecular weight is 192 g/mol. The van der Waals surface area contributed by atoms with Crippen molar-refractivity contribution in [3.05, 3.63) is 29.6 Å². The molecule has 0 saturated heterocycles. The molecule has 0 atom stereocenters. The van der Waals surface area contributed by atoms with E-state index in [-0.39, 0.29) is 0 Å². The molecule has 0 aliphatic heterocycles. The normalized spacial score (nSPS) is 10.7. The number of aromatic nitrogens is 5. The first-order valence-electron chi connectivity index (χ1n) is 4.37. The molecule has 0 aliphatic rings. The van der Waals surface area contributed by atoms with Crippen LogP contribution in [0.2, 0.25) is 0 Å². The minimum absolute atomic E-state index is 0.356. The average Bonchev–Trinajstić information content (AvgIpc) is 2.76. The second-order valence-corrected chi connectivity index (χ2v) is 3.12. The molecule has 0 aromatic carbocycles. The Labute approximate surface area is 81.1 Å². The highest BCUT2D eigenvalue weighted by atomic mass is 15.3. The number of nitrogens with one attached hydrogen (secondary N) is 1. The minimum Gasteiger partial charge on any atom is -0.324 e. The van der Waals surface area contributed by atoms with Crippen molar-refractivity contribution in [1.29, 1.82) is 0 Å². The van der Waals surface area contributed by atoms with Crippen molar-refractivity contribution in [3.8, 4) is 0 Å². The lowest BCUT2D eigenvalue weighted by Gasteiger charge is -1.95. The van der Waals surface area contributed by atoms with Gasteiger partial charge < -0.3 is 5.73 Å². The number of aromatic amines is 1. The van der Waals surface area contributed by atoms with Crippen LogP contribution in [-0.2, 0) is 13.1 Å². The summed E-state index contributed by atoms with van der Waals surface area (Å²) in [6, 6.07) is 0. The Morgan fingerprint density at radius 2 is 2.43 bits per heavy atom. The largest absolute Gasteiger partial charge is 0.324 e. The summed E-state index contributed by atoms with van der Waals surface area (Å²) in [5.74, 6) is 1.40. The number of hydrogen-bond acceptors (Lipinski definition) is 4. The summed E-state index contributed by atoms with van der Waals surface area (Å²) >= 11 is 0. The van der Waals surface area contributed by atoms with Gasteiger partial charge >= 0.3 is 0 Å². The fourth-order valence-corrected chi connectivity index (χ4v) is 1.20. The summed E-state index contributed by atoms with van der Waals surface area (Å²) in [4.78, 5) is 4.18. The van der Waals surface area contributed by atoms with E-state index in [4.69, 9.17) is 5.73 Å². The van der Waals surface area contributed by atoms with E-state index in [0.717, 1.165) is 11.4 Å². The topological polar surface area (TPSA) is 85.4 Å². The van der Waals surface area contributed by atoms with Gasteiger partial charge in [0, 0.05) is 6.20 Å². The van der Waals surface area contributed by atoms with E-state index >= 15 is 0 Å². The molecule has 2 heterocycles. The van der Waals surface area contributed by atoms with Crippen LogP contribution in [0.1, 0.15) is 17.2 Å². The van der Waals surface area contributed by atoms with E-state index in [1.54, 1.807) is 10.9 Å². The Hall–Kier alpha value is -1.69. The van der Waals surface area contributed by atoms with Crippen LogP contribution in [0.3, 0.4) is 0 Å². The molecular formula is C8H12N6. The highest BCUT2D eigenvalue weighted by molar-refractivity contribution is 5.01.